The third-order valence-electron chi connectivity index (χ3n) is 4.18. The van der Waals surface area contributed by atoms with Gasteiger partial charge in [0, 0.05) is 16.6 Å². The van der Waals surface area contributed by atoms with E-state index in [4.69, 9.17) is 16.3 Å². The second-order valence-electron chi connectivity index (χ2n) is 5.90. The van der Waals surface area contributed by atoms with Crippen molar-refractivity contribution in [3.8, 4) is 0 Å². The van der Waals surface area contributed by atoms with E-state index >= 15 is 0 Å². The van der Waals surface area contributed by atoms with Crippen molar-refractivity contribution < 1.29 is 9.53 Å². The molecule has 1 saturated heterocycles. The first-order valence-corrected chi connectivity index (χ1v) is 8.30. The van der Waals surface area contributed by atoms with Crippen LogP contribution in [-0.2, 0) is 9.53 Å². The standard InChI is InChI=1S/C19H20ClNO2/c20-16-7-9-17(10-8-16)21-19(22)12-18-11-6-15(13-23-18)14-4-2-1-3-5-14/h1-5,7-10,15,18H,6,11-13H2,(H,21,22)/t15-,18-/m1/s1. The van der Waals surface area contributed by atoms with Crippen LogP contribution in [0.1, 0.15) is 30.7 Å². The first-order valence-electron chi connectivity index (χ1n) is 7.92. The molecule has 0 unspecified atom stereocenters. The van der Waals surface area contributed by atoms with E-state index in [2.05, 4.69) is 29.6 Å². The van der Waals surface area contributed by atoms with Crippen LogP contribution in [-0.4, -0.2) is 18.6 Å². The topological polar surface area (TPSA) is 38.3 Å². The van der Waals surface area contributed by atoms with E-state index in [-0.39, 0.29) is 12.0 Å². The molecule has 4 heteroatoms. The highest BCUT2D eigenvalue weighted by atomic mass is 35.5. The molecule has 1 amide bonds. The SMILES string of the molecule is O=C(C[C@H]1CC[C@@H](c2ccccc2)CO1)Nc1ccc(Cl)cc1. The van der Waals surface area contributed by atoms with Gasteiger partial charge in [-0.15, -0.1) is 0 Å². The van der Waals surface area contributed by atoms with Crippen LogP contribution >= 0.6 is 11.6 Å². The highest BCUT2D eigenvalue weighted by Gasteiger charge is 2.24. The summed E-state index contributed by atoms with van der Waals surface area (Å²) in [6.07, 6.45) is 2.36. The fourth-order valence-electron chi connectivity index (χ4n) is 2.91. The average Bonchev–Trinajstić information content (AvgIpc) is 2.58. The van der Waals surface area contributed by atoms with Gasteiger partial charge in [-0.05, 0) is 42.7 Å². The van der Waals surface area contributed by atoms with Gasteiger partial charge in [0.1, 0.15) is 0 Å². The summed E-state index contributed by atoms with van der Waals surface area (Å²) in [5.41, 5.74) is 2.08. The summed E-state index contributed by atoms with van der Waals surface area (Å²) >= 11 is 5.84. The largest absolute Gasteiger partial charge is 0.377 e. The first-order chi connectivity index (χ1) is 11.2. The molecule has 3 rings (SSSR count). The second kappa shape index (κ2) is 7.62. The highest BCUT2D eigenvalue weighted by molar-refractivity contribution is 6.30. The molecular formula is C19H20ClNO2. The van der Waals surface area contributed by atoms with Crippen LogP contribution in [0.25, 0.3) is 0 Å². The van der Waals surface area contributed by atoms with Crippen molar-refractivity contribution >= 4 is 23.2 Å². The fraction of sp³-hybridized carbons (Fsp3) is 0.316. The van der Waals surface area contributed by atoms with Crippen LogP contribution in [0.3, 0.4) is 0 Å². The predicted octanol–water partition coefficient (Wildman–Crippen LogP) is 4.63. The lowest BCUT2D eigenvalue weighted by Crippen LogP contribution is -2.29. The van der Waals surface area contributed by atoms with Crippen LogP contribution in [0.5, 0.6) is 0 Å². The zero-order valence-electron chi connectivity index (χ0n) is 12.9. The molecule has 2 aromatic carbocycles. The molecule has 23 heavy (non-hydrogen) atoms. The third kappa shape index (κ3) is 4.57. The molecule has 2 atom stereocenters. The van der Waals surface area contributed by atoms with Crippen LogP contribution in [0.2, 0.25) is 5.02 Å². The minimum atomic E-state index is -0.0181. The Balaban J connectivity index is 1.47. The summed E-state index contributed by atoms with van der Waals surface area (Å²) in [6.45, 7) is 0.683. The van der Waals surface area contributed by atoms with Gasteiger partial charge in [-0.1, -0.05) is 41.9 Å². The molecule has 0 spiro atoms. The van der Waals surface area contributed by atoms with Crippen molar-refractivity contribution in [3.63, 3.8) is 0 Å². The van der Waals surface area contributed by atoms with E-state index in [1.807, 2.05) is 6.07 Å². The lowest BCUT2D eigenvalue weighted by Gasteiger charge is -2.29. The summed E-state index contributed by atoms with van der Waals surface area (Å²) < 4.78 is 5.89. The predicted molar refractivity (Wildman–Crippen MR) is 92.9 cm³/mol. The summed E-state index contributed by atoms with van der Waals surface area (Å²) in [5, 5.41) is 3.54. The number of hydrogen-bond donors (Lipinski definition) is 1. The lowest BCUT2D eigenvalue weighted by atomic mass is 9.90. The van der Waals surface area contributed by atoms with Gasteiger partial charge in [-0.25, -0.2) is 0 Å². The molecule has 0 radical (unpaired) electrons. The van der Waals surface area contributed by atoms with Crippen LogP contribution in [0.4, 0.5) is 5.69 Å². The van der Waals surface area contributed by atoms with Gasteiger partial charge in [0.25, 0.3) is 0 Å². The van der Waals surface area contributed by atoms with E-state index in [1.165, 1.54) is 5.56 Å². The number of nitrogens with one attached hydrogen (secondary N) is 1. The molecular weight excluding hydrogens is 310 g/mol. The van der Waals surface area contributed by atoms with E-state index < -0.39 is 0 Å². The number of carbonyl (C=O) groups is 1. The van der Waals surface area contributed by atoms with Gasteiger partial charge in [-0.3, -0.25) is 4.79 Å². The molecule has 1 heterocycles. The summed E-state index contributed by atoms with van der Waals surface area (Å²) in [6, 6.07) is 17.5. The molecule has 0 saturated carbocycles. The summed E-state index contributed by atoms with van der Waals surface area (Å²) in [7, 11) is 0. The molecule has 120 valence electrons. The molecule has 1 N–H and O–H groups in total. The van der Waals surface area contributed by atoms with Crippen molar-refractivity contribution in [2.75, 3.05) is 11.9 Å². The second-order valence-corrected chi connectivity index (χ2v) is 6.34. The number of halogens is 1. The molecule has 1 aliphatic heterocycles. The Hall–Kier alpha value is -1.84. The number of anilines is 1. The van der Waals surface area contributed by atoms with E-state index in [0.717, 1.165) is 18.5 Å². The lowest BCUT2D eigenvalue weighted by molar-refractivity contribution is -0.120. The average molecular weight is 330 g/mol. The maximum Gasteiger partial charge on any atom is 0.226 e. The van der Waals surface area contributed by atoms with Gasteiger partial charge in [0.05, 0.1) is 19.1 Å². The van der Waals surface area contributed by atoms with Crippen molar-refractivity contribution in [2.24, 2.45) is 0 Å². The number of hydrogen-bond acceptors (Lipinski definition) is 2. The fourth-order valence-corrected chi connectivity index (χ4v) is 3.03. The van der Waals surface area contributed by atoms with Crippen molar-refractivity contribution in [2.45, 2.75) is 31.3 Å². The molecule has 0 aliphatic carbocycles. The third-order valence-corrected chi connectivity index (χ3v) is 4.43. The summed E-state index contributed by atoms with van der Waals surface area (Å²) in [5.74, 6) is 0.419. The Morgan fingerprint density at radius 1 is 1.09 bits per heavy atom. The van der Waals surface area contributed by atoms with Crippen molar-refractivity contribution in [1.82, 2.24) is 0 Å². The zero-order chi connectivity index (χ0) is 16.1. The minimum absolute atomic E-state index is 0.00209. The number of ether oxygens (including phenoxy) is 1. The Kier molecular flexibility index (Phi) is 5.31. The maximum atomic E-state index is 12.1. The molecule has 0 aromatic heterocycles. The summed E-state index contributed by atoms with van der Waals surface area (Å²) in [4.78, 5) is 12.1. The first kappa shape index (κ1) is 16.0. The monoisotopic (exact) mass is 329 g/mol. The normalized spacial score (nSPS) is 20.9. The number of amides is 1. The van der Waals surface area contributed by atoms with Gasteiger partial charge < -0.3 is 10.1 Å². The molecule has 0 bridgehead atoms. The van der Waals surface area contributed by atoms with E-state index in [0.29, 0.717) is 24.0 Å². The zero-order valence-corrected chi connectivity index (χ0v) is 13.6. The van der Waals surface area contributed by atoms with Crippen LogP contribution in [0, 0.1) is 0 Å². The quantitative estimate of drug-likeness (QED) is 0.888. The van der Waals surface area contributed by atoms with Gasteiger partial charge in [0.15, 0.2) is 0 Å². The highest BCUT2D eigenvalue weighted by Crippen LogP contribution is 2.29. The minimum Gasteiger partial charge on any atom is -0.377 e. The van der Waals surface area contributed by atoms with Crippen LogP contribution in [0.15, 0.2) is 54.6 Å². The van der Waals surface area contributed by atoms with Gasteiger partial charge in [-0.2, -0.15) is 0 Å². The van der Waals surface area contributed by atoms with Gasteiger partial charge in [0.2, 0.25) is 5.91 Å². The molecule has 2 aromatic rings. The van der Waals surface area contributed by atoms with E-state index in [1.54, 1.807) is 24.3 Å². The Morgan fingerprint density at radius 2 is 1.83 bits per heavy atom. The van der Waals surface area contributed by atoms with Gasteiger partial charge >= 0.3 is 0 Å². The number of carbonyl (C=O) groups excluding carboxylic acids is 1. The Morgan fingerprint density at radius 3 is 2.48 bits per heavy atom. The number of rotatable bonds is 4. The number of benzene rings is 2. The Labute approximate surface area is 141 Å². The molecule has 1 aliphatic rings. The smallest absolute Gasteiger partial charge is 0.226 e. The maximum absolute atomic E-state index is 12.1. The van der Waals surface area contributed by atoms with Crippen molar-refractivity contribution in [1.29, 1.82) is 0 Å². The Bertz CT molecular complexity index is 634. The van der Waals surface area contributed by atoms with Crippen LogP contribution < -0.4 is 5.32 Å². The molecule has 1 fully saturated rings. The van der Waals surface area contributed by atoms with Crippen molar-refractivity contribution in [3.05, 3.63) is 65.2 Å². The molecule has 3 nitrogen and oxygen atoms in total. The van der Waals surface area contributed by atoms with E-state index in [9.17, 15) is 4.79 Å².